The summed E-state index contributed by atoms with van der Waals surface area (Å²) in [5.41, 5.74) is 0.662. The zero-order valence-corrected chi connectivity index (χ0v) is 7.58. The second-order valence-electron chi connectivity index (χ2n) is 2.44. The van der Waals surface area contributed by atoms with Gasteiger partial charge in [0.2, 0.25) is 5.96 Å². The molecule has 0 saturated carbocycles. The van der Waals surface area contributed by atoms with E-state index in [0.717, 1.165) is 0 Å². The van der Waals surface area contributed by atoms with Gasteiger partial charge in [-0.25, -0.2) is 4.39 Å². The maximum absolute atomic E-state index is 12.5. The predicted molar refractivity (Wildman–Crippen MR) is 52.1 cm³/mol. The van der Waals surface area contributed by atoms with Crippen LogP contribution in [0.2, 0.25) is 0 Å². The molecule has 1 aromatic rings. The molecule has 0 saturated heterocycles. The molecule has 72 valence electrons. The fourth-order valence-corrected chi connectivity index (χ4v) is 0.866. The predicted octanol–water partition coefficient (Wildman–Crippen LogP) is 1.29. The molecule has 0 heterocycles. The molecule has 5 heteroatoms. The number of nitrogens with zero attached hydrogens (tertiary/aromatic N) is 2. The highest BCUT2D eigenvalue weighted by molar-refractivity contribution is 5.94. The highest BCUT2D eigenvalue weighted by atomic mass is 19.1. The molecule has 14 heavy (non-hydrogen) atoms. The van der Waals surface area contributed by atoms with Crippen LogP contribution in [-0.4, -0.2) is 13.0 Å². The lowest BCUT2D eigenvalue weighted by atomic mass is 10.3. The Kier molecular flexibility index (Phi) is 3.44. The fraction of sp³-hybridized carbons (Fsp3) is 0.111. The van der Waals surface area contributed by atoms with Crippen molar-refractivity contribution < 1.29 is 4.39 Å². The minimum Gasteiger partial charge on any atom is -0.326 e. The minimum absolute atomic E-state index is 0.307. The van der Waals surface area contributed by atoms with Gasteiger partial charge in [0.25, 0.3) is 0 Å². The Bertz CT molecular complexity index is 363. The van der Waals surface area contributed by atoms with Gasteiger partial charge in [-0.1, -0.05) is 0 Å². The third-order valence-corrected chi connectivity index (χ3v) is 1.50. The van der Waals surface area contributed by atoms with E-state index >= 15 is 0 Å². The number of aliphatic imine (C=N–C) groups is 1. The molecular weight excluding hydrogens is 183 g/mol. The number of nitriles is 1. The van der Waals surface area contributed by atoms with Gasteiger partial charge < -0.3 is 5.32 Å². The van der Waals surface area contributed by atoms with Crippen LogP contribution in [0.4, 0.5) is 10.1 Å². The van der Waals surface area contributed by atoms with Crippen LogP contribution in [-0.2, 0) is 0 Å². The Morgan fingerprint density at radius 3 is 2.57 bits per heavy atom. The number of benzene rings is 1. The average molecular weight is 192 g/mol. The molecule has 0 aliphatic rings. The highest BCUT2D eigenvalue weighted by Crippen LogP contribution is 2.07. The van der Waals surface area contributed by atoms with Gasteiger partial charge in [-0.3, -0.25) is 10.3 Å². The van der Waals surface area contributed by atoms with Gasteiger partial charge in [-0.2, -0.15) is 5.26 Å². The topological polar surface area (TPSA) is 60.2 Å². The number of rotatable bonds is 1. The van der Waals surface area contributed by atoms with Crippen molar-refractivity contribution >= 4 is 11.6 Å². The SMILES string of the molecule is CN=C(NC#N)Nc1ccc(F)cc1. The number of hydrogen-bond donors (Lipinski definition) is 2. The van der Waals surface area contributed by atoms with E-state index in [0.29, 0.717) is 11.6 Å². The third-order valence-electron chi connectivity index (χ3n) is 1.50. The minimum atomic E-state index is -0.307. The number of hydrogen-bond acceptors (Lipinski definition) is 2. The summed E-state index contributed by atoms with van der Waals surface area (Å²) < 4.78 is 12.5. The normalized spacial score (nSPS) is 10.5. The summed E-state index contributed by atoms with van der Waals surface area (Å²) in [5, 5.41) is 13.5. The molecule has 1 rings (SSSR count). The quantitative estimate of drug-likeness (QED) is 0.305. The van der Waals surface area contributed by atoms with E-state index < -0.39 is 0 Å². The Morgan fingerprint density at radius 1 is 1.43 bits per heavy atom. The highest BCUT2D eigenvalue weighted by Gasteiger charge is 1.97. The Balaban J connectivity index is 2.69. The lowest BCUT2D eigenvalue weighted by Gasteiger charge is -2.05. The lowest BCUT2D eigenvalue weighted by molar-refractivity contribution is 0.628. The second kappa shape index (κ2) is 4.82. The van der Waals surface area contributed by atoms with Crippen LogP contribution in [0.25, 0.3) is 0 Å². The molecule has 2 N–H and O–H groups in total. The molecule has 0 unspecified atom stereocenters. The molecule has 0 amide bonds. The molecule has 0 radical (unpaired) electrons. The zero-order chi connectivity index (χ0) is 10.4. The average Bonchev–Trinajstić information content (AvgIpc) is 2.20. The van der Waals surface area contributed by atoms with Gasteiger partial charge in [-0.15, -0.1) is 0 Å². The van der Waals surface area contributed by atoms with Gasteiger partial charge in [0.1, 0.15) is 5.82 Å². The Morgan fingerprint density at radius 2 is 2.07 bits per heavy atom. The molecule has 0 spiro atoms. The molecular formula is C9H9FN4. The number of guanidine groups is 1. The van der Waals surface area contributed by atoms with E-state index in [-0.39, 0.29) is 5.82 Å². The molecule has 0 bridgehead atoms. The van der Waals surface area contributed by atoms with E-state index in [2.05, 4.69) is 15.6 Å². The summed E-state index contributed by atoms with van der Waals surface area (Å²) in [6, 6.07) is 5.75. The zero-order valence-electron chi connectivity index (χ0n) is 7.58. The van der Waals surface area contributed by atoms with E-state index in [4.69, 9.17) is 5.26 Å². The summed E-state index contributed by atoms with van der Waals surface area (Å²) in [6.45, 7) is 0. The van der Waals surface area contributed by atoms with E-state index in [1.54, 1.807) is 18.3 Å². The largest absolute Gasteiger partial charge is 0.326 e. The van der Waals surface area contributed by atoms with Crippen LogP contribution in [0.5, 0.6) is 0 Å². The van der Waals surface area contributed by atoms with Gasteiger partial charge in [0.05, 0.1) is 0 Å². The van der Waals surface area contributed by atoms with Crippen LogP contribution < -0.4 is 10.6 Å². The molecule has 1 aromatic carbocycles. The van der Waals surface area contributed by atoms with Crippen molar-refractivity contribution in [3.8, 4) is 6.19 Å². The first-order valence-corrected chi connectivity index (χ1v) is 3.90. The lowest BCUT2D eigenvalue weighted by Crippen LogP contribution is -2.26. The maximum atomic E-state index is 12.5. The third kappa shape index (κ3) is 2.75. The first kappa shape index (κ1) is 9.99. The van der Waals surface area contributed by atoms with Crippen molar-refractivity contribution in [3.05, 3.63) is 30.1 Å². The Labute approximate surface area is 81.1 Å². The number of halogens is 1. The summed E-state index contributed by atoms with van der Waals surface area (Å²) in [4.78, 5) is 3.77. The molecule has 0 aliphatic carbocycles. The molecule has 0 aliphatic heterocycles. The van der Waals surface area contributed by atoms with Gasteiger partial charge in [-0.05, 0) is 24.3 Å². The maximum Gasteiger partial charge on any atom is 0.208 e. The van der Waals surface area contributed by atoms with Crippen molar-refractivity contribution in [2.24, 2.45) is 4.99 Å². The summed E-state index contributed by atoms with van der Waals surface area (Å²) in [7, 11) is 1.54. The molecule has 0 fully saturated rings. The Hall–Kier alpha value is -2.09. The fourth-order valence-electron chi connectivity index (χ4n) is 0.866. The van der Waals surface area contributed by atoms with Gasteiger partial charge >= 0.3 is 0 Å². The van der Waals surface area contributed by atoms with E-state index in [1.807, 2.05) is 0 Å². The van der Waals surface area contributed by atoms with Crippen LogP contribution >= 0.6 is 0 Å². The van der Waals surface area contributed by atoms with Crippen molar-refractivity contribution in [2.75, 3.05) is 12.4 Å². The van der Waals surface area contributed by atoms with E-state index in [1.165, 1.54) is 19.2 Å². The molecule has 0 atom stereocenters. The van der Waals surface area contributed by atoms with Crippen LogP contribution in [0.15, 0.2) is 29.3 Å². The van der Waals surface area contributed by atoms with Crippen molar-refractivity contribution in [1.29, 1.82) is 5.26 Å². The van der Waals surface area contributed by atoms with Gasteiger partial charge in [0.15, 0.2) is 6.19 Å². The molecule has 0 aromatic heterocycles. The van der Waals surface area contributed by atoms with Crippen LogP contribution in [0.1, 0.15) is 0 Å². The van der Waals surface area contributed by atoms with Gasteiger partial charge in [0, 0.05) is 12.7 Å². The van der Waals surface area contributed by atoms with Crippen LogP contribution in [0.3, 0.4) is 0 Å². The first-order valence-electron chi connectivity index (χ1n) is 3.90. The first-order chi connectivity index (χ1) is 6.76. The number of nitrogens with one attached hydrogen (secondary N) is 2. The second-order valence-corrected chi connectivity index (χ2v) is 2.44. The van der Waals surface area contributed by atoms with Crippen molar-refractivity contribution in [3.63, 3.8) is 0 Å². The number of anilines is 1. The van der Waals surface area contributed by atoms with Crippen molar-refractivity contribution in [1.82, 2.24) is 5.32 Å². The smallest absolute Gasteiger partial charge is 0.208 e. The summed E-state index contributed by atoms with van der Waals surface area (Å²) >= 11 is 0. The summed E-state index contributed by atoms with van der Waals surface area (Å²) in [5.74, 6) is 0.0119. The van der Waals surface area contributed by atoms with E-state index in [9.17, 15) is 4.39 Å². The summed E-state index contributed by atoms with van der Waals surface area (Å²) in [6.07, 6.45) is 1.73. The van der Waals surface area contributed by atoms with Crippen molar-refractivity contribution in [2.45, 2.75) is 0 Å². The standard InChI is InChI=1S/C9H9FN4/c1-12-9(13-6-11)14-8-4-2-7(10)3-5-8/h2-5H,1H3,(H2,12,13,14). The molecule has 4 nitrogen and oxygen atoms in total. The van der Waals surface area contributed by atoms with Crippen LogP contribution in [0, 0.1) is 17.3 Å². The monoisotopic (exact) mass is 192 g/mol.